The second-order valence-electron chi connectivity index (χ2n) is 3.35. The molecule has 1 aliphatic heterocycles. The lowest BCUT2D eigenvalue weighted by atomic mass is 10.1. The van der Waals surface area contributed by atoms with Gasteiger partial charge in [-0.25, -0.2) is 9.18 Å². The first-order valence-corrected chi connectivity index (χ1v) is 4.93. The zero-order chi connectivity index (χ0) is 10.4. The Balaban J connectivity index is 2.23. The lowest BCUT2D eigenvalue weighted by Crippen LogP contribution is -2.44. The van der Waals surface area contributed by atoms with Crippen LogP contribution < -0.4 is 5.32 Å². The second kappa shape index (κ2) is 5.80. The molecular weight excluding hydrogens is 187 g/mol. The predicted octanol–water partition coefficient (Wildman–Crippen LogP) is 0.776. The van der Waals surface area contributed by atoms with Crippen LogP contribution in [0.15, 0.2) is 0 Å². The summed E-state index contributed by atoms with van der Waals surface area (Å²) in [7, 11) is 1.92. The molecule has 0 spiro atoms. The highest BCUT2D eigenvalue weighted by Gasteiger charge is 2.22. The van der Waals surface area contributed by atoms with E-state index in [9.17, 15) is 9.18 Å². The summed E-state index contributed by atoms with van der Waals surface area (Å²) in [6.45, 7) is 0.636. The predicted molar refractivity (Wildman–Crippen MR) is 51.0 cm³/mol. The number of halogens is 1. The standard InChI is InChI=1S/C9H17FN2O2/c1-11-8-2-5-12(6-3-8)9(13)14-7-4-10/h8,11H,2-7H2,1H3. The maximum absolute atomic E-state index is 11.7. The van der Waals surface area contributed by atoms with Crippen LogP contribution in [0.5, 0.6) is 0 Å². The fourth-order valence-electron chi connectivity index (χ4n) is 1.57. The molecule has 0 radical (unpaired) electrons. The second-order valence-corrected chi connectivity index (χ2v) is 3.35. The van der Waals surface area contributed by atoms with Crippen molar-refractivity contribution in [3.8, 4) is 0 Å². The average Bonchev–Trinajstić information content (AvgIpc) is 2.26. The molecule has 1 fully saturated rings. The SMILES string of the molecule is CNC1CCN(C(=O)OCCF)CC1. The van der Waals surface area contributed by atoms with Crippen molar-refractivity contribution < 1.29 is 13.9 Å². The van der Waals surface area contributed by atoms with Gasteiger partial charge in [0.15, 0.2) is 0 Å². The van der Waals surface area contributed by atoms with Crippen molar-refractivity contribution in [3.05, 3.63) is 0 Å². The minimum Gasteiger partial charge on any atom is -0.447 e. The number of carbonyl (C=O) groups is 1. The molecule has 1 heterocycles. The van der Waals surface area contributed by atoms with E-state index in [0.29, 0.717) is 19.1 Å². The normalized spacial score (nSPS) is 18.3. The molecule has 4 nitrogen and oxygen atoms in total. The molecule has 0 aromatic heterocycles. The molecule has 82 valence electrons. The number of rotatable bonds is 3. The van der Waals surface area contributed by atoms with Crippen molar-refractivity contribution in [2.75, 3.05) is 33.4 Å². The Morgan fingerprint density at radius 2 is 2.21 bits per heavy atom. The third-order valence-electron chi connectivity index (χ3n) is 2.46. The number of nitrogens with zero attached hydrogens (tertiary/aromatic N) is 1. The van der Waals surface area contributed by atoms with Gasteiger partial charge < -0.3 is 15.0 Å². The van der Waals surface area contributed by atoms with E-state index in [1.165, 1.54) is 0 Å². The third-order valence-corrected chi connectivity index (χ3v) is 2.46. The van der Waals surface area contributed by atoms with Gasteiger partial charge in [-0.1, -0.05) is 0 Å². The molecule has 5 heteroatoms. The Morgan fingerprint density at radius 1 is 1.57 bits per heavy atom. The van der Waals surface area contributed by atoms with Gasteiger partial charge in [-0.05, 0) is 19.9 Å². The van der Waals surface area contributed by atoms with Gasteiger partial charge in [0.1, 0.15) is 13.3 Å². The molecule has 0 aliphatic carbocycles. The molecule has 1 rings (SSSR count). The van der Waals surface area contributed by atoms with Crippen LogP contribution in [0.4, 0.5) is 9.18 Å². The zero-order valence-electron chi connectivity index (χ0n) is 8.46. The van der Waals surface area contributed by atoms with Crippen molar-refractivity contribution in [1.29, 1.82) is 0 Å². The zero-order valence-corrected chi connectivity index (χ0v) is 8.46. The van der Waals surface area contributed by atoms with Crippen LogP contribution in [-0.4, -0.2) is 50.5 Å². The maximum atomic E-state index is 11.7. The molecule has 1 amide bonds. The molecule has 0 saturated carbocycles. The van der Waals surface area contributed by atoms with E-state index >= 15 is 0 Å². The van der Waals surface area contributed by atoms with Crippen LogP contribution in [0, 0.1) is 0 Å². The summed E-state index contributed by atoms with van der Waals surface area (Å²) in [5.41, 5.74) is 0. The Morgan fingerprint density at radius 3 is 2.71 bits per heavy atom. The van der Waals surface area contributed by atoms with Crippen LogP contribution >= 0.6 is 0 Å². The maximum Gasteiger partial charge on any atom is 0.409 e. The Bertz CT molecular complexity index is 182. The number of hydrogen-bond acceptors (Lipinski definition) is 3. The van der Waals surface area contributed by atoms with Gasteiger partial charge in [-0.15, -0.1) is 0 Å². The van der Waals surface area contributed by atoms with Gasteiger partial charge in [0.2, 0.25) is 0 Å². The van der Waals surface area contributed by atoms with Crippen molar-refractivity contribution in [2.45, 2.75) is 18.9 Å². The highest BCUT2D eigenvalue weighted by molar-refractivity contribution is 5.67. The molecular formula is C9H17FN2O2. The van der Waals surface area contributed by atoms with Crippen LogP contribution in [0.3, 0.4) is 0 Å². The van der Waals surface area contributed by atoms with Crippen molar-refractivity contribution in [1.82, 2.24) is 10.2 Å². The first kappa shape index (κ1) is 11.2. The number of ether oxygens (including phenoxy) is 1. The third kappa shape index (κ3) is 3.14. The monoisotopic (exact) mass is 204 g/mol. The van der Waals surface area contributed by atoms with Crippen molar-refractivity contribution in [2.24, 2.45) is 0 Å². The molecule has 14 heavy (non-hydrogen) atoms. The summed E-state index contributed by atoms with van der Waals surface area (Å²) in [6.07, 6.45) is 1.47. The van der Waals surface area contributed by atoms with Crippen molar-refractivity contribution in [3.63, 3.8) is 0 Å². The summed E-state index contributed by atoms with van der Waals surface area (Å²) in [4.78, 5) is 12.9. The molecule has 0 aromatic rings. The highest BCUT2D eigenvalue weighted by atomic mass is 19.1. The molecule has 1 N–H and O–H groups in total. The first-order chi connectivity index (χ1) is 6.77. The topological polar surface area (TPSA) is 41.6 Å². The molecule has 1 aliphatic rings. The highest BCUT2D eigenvalue weighted by Crippen LogP contribution is 2.10. The lowest BCUT2D eigenvalue weighted by molar-refractivity contribution is 0.0862. The van der Waals surface area contributed by atoms with E-state index < -0.39 is 12.8 Å². The number of hydrogen-bond donors (Lipinski definition) is 1. The largest absolute Gasteiger partial charge is 0.447 e. The molecule has 0 aromatic carbocycles. The van der Waals surface area contributed by atoms with Crippen LogP contribution in [-0.2, 0) is 4.74 Å². The summed E-state index contributed by atoms with van der Waals surface area (Å²) >= 11 is 0. The Labute approximate surface area is 83.4 Å². The minimum absolute atomic E-state index is 0.134. The summed E-state index contributed by atoms with van der Waals surface area (Å²) in [6, 6.07) is 0.486. The van der Waals surface area contributed by atoms with Gasteiger partial charge in [-0.2, -0.15) is 0 Å². The minimum atomic E-state index is -0.612. The summed E-state index contributed by atoms with van der Waals surface area (Å²) in [5.74, 6) is 0. The van der Waals surface area contributed by atoms with Crippen molar-refractivity contribution >= 4 is 6.09 Å². The number of nitrogens with one attached hydrogen (secondary N) is 1. The summed E-state index contributed by atoms with van der Waals surface area (Å²) in [5, 5.41) is 3.17. The molecule has 0 atom stereocenters. The summed E-state index contributed by atoms with van der Waals surface area (Å²) < 4.78 is 16.4. The van der Waals surface area contributed by atoms with E-state index in [1.54, 1.807) is 4.90 Å². The number of carbonyl (C=O) groups excluding carboxylic acids is 1. The number of piperidine rings is 1. The lowest BCUT2D eigenvalue weighted by Gasteiger charge is -2.30. The smallest absolute Gasteiger partial charge is 0.409 e. The van der Waals surface area contributed by atoms with E-state index in [1.807, 2.05) is 7.05 Å². The van der Waals surface area contributed by atoms with Gasteiger partial charge in [0.25, 0.3) is 0 Å². The quantitative estimate of drug-likeness (QED) is 0.738. The van der Waals surface area contributed by atoms with Gasteiger partial charge in [0, 0.05) is 19.1 Å². The Kier molecular flexibility index (Phi) is 4.65. The average molecular weight is 204 g/mol. The number of likely N-dealkylation sites (tertiary alicyclic amines) is 1. The van der Waals surface area contributed by atoms with Crippen LogP contribution in [0.25, 0.3) is 0 Å². The number of alkyl halides is 1. The molecule has 1 saturated heterocycles. The van der Waals surface area contributed by atoms with Gasteiger partial charge in [-0.3, -0.25) is 0 Å². The van der Waals surface area contributed by atoms with Gasteiger partial charge in [0.05, 0.1) is 0 Å². The van der Waals surface area contributed by atoms with E-state index in [2.05, 4.69) is 5.32 Å². The number of amides is 1. The van der Waals surface area contributed by atoms with E-state index in [-0.39, 0.29) is 6.61 Å². The molecule has 0 bridgehead atoms. The first-order valence-electron chi connectivity index (χ1n) is 4.93. The van der Waals surface area contributed by atoms with E-state index in [4.69, 9.17) is 4.74 Å². The van der Waals surface area contributed by atoms with Crippen LogP contribution in [0.2, 0.25) is 0 Å². The van der Waals surface area contributed by atoms with Gasteiger partial charge >= 0.3 is 6.09 Å². The molecule has 0 unspecified atom stereocenters. The Hall–Kier alpha value is -0.840. The fourth-order valence-corrected chi connectivity index (χ4v) is 1.57. The van der Waals surface area contributed by atoms with Crippen LogP contribution in [0.1, 0.15) is 12.8 Å². The van der Waals surface area contributed by atoms with E-state index in [0.717, 1.165) is 12.8 Å². The fraction of sp³-hybridized carbons (Fsp3) is 0.889.